The van der Waals surface area contributed by atoms with Crippen molar-refractivity contribution in [1.29, 1.82) is 0 Å². The van der Waals surface area contributed by atoms with Crippen LogP contribution in [0.25, 0.3) is 0 Å². The first-order chi connectivity index (χ1) is 9.06. The predicted octanol–water partition coefficient (Wildman–Crippen LogP) is 2.23. The minimum Gasteiger partial charge on any atom is -0.355 e. The van der Waals surface area contributed by atoms with Gasteiger partial charge in [0.1, 0.15) is 0 Å². The molecule has 0 aliphatic carbocycles. The highest BCUT2D eigenvalue weighted by molar-refractivity contribution is 7.11. The first-order valence-corrected chi connectivity index (χ1v) is 7.82. The van der Waals surface area contributed by atoms with Crippen LogP contribution >= 0.6 is 23.7 Å². The Morgan fingerprint density at radius 2 is 2.25 bits per heavy atom. The topological polar surface area (TPSA) is 54.0 Å². The number of thiazole rings is 1. The van der Waals surface area contributed by atoms with Crippen LogP contribution in [0.1, 0.15) is 35.3 Å². The van der Waals surface area contributed by atoms with Gasteiger partial charge in [-0.1, -0.05) is 0 Å². The molecular formula is C14H24ClN3OS. The van der Waals surface area contributed by atoms with Crippen LogP contribution in [-0.4, -0.2) is 30.0 Å². The van der Waals surface area contributed by atoms with E-state index in [1.807, 2.05) is 13.8 Å². The average molecular weight is 318 g/mol. The summed E-state index contributed by atoms with van der Waals surface area (Å²) in [5.41, 5.74) is 1.10. The number of hydrogen-bond acceptors (Lipinski definition) is 4. The second-order valence-electron chi connectivity index (χ2n) is 5.36. The molecule has 0 unspecified atom stereocenters. The number of carbonyl (C=O) groups excluding carboxylic acids is 1. The molecule has 2 rings (SSSR count). The number of aryl methyl sites for hydroxylation is 2. The van der Waals surface area contributed by atoms with Gasteiger partial charge >= 0.3 is 0 Å². The Balaban J connectivity index is 0.00000200. The highest BCUT2D eigenvalue weighted by Crippen LogP contribution is 2.18. The zero-order valence-electron chi connectivity index (χ0n) is 12.4. The first-order valence-electron chi connectivity index (χ1n) is 7.00. The summed E-state index contributed by atoms with van der Waals surface area (Å²) in [6, 6.07) is 0.455. The second-order valence-corrected chi connectivity index (χ2v) is 6.65. The van der Waals surface area contributed by atoms with Crippen LogP contribution in [-0.2, 0) is 11.2 Å². The van der Waals surface area contributed by atoms with Crippen LogP contribution in [0.15, 0.2) is 0 Å². The summed E-state index contributed by atoms with van der Waals surface area (Å²) in [4.78, 5) is 17.8. The standard InChI is InChI=1S/C14H23N3OS.ClH/c1-9-8-12(4-6-15-9)14(18)16-7-5-13-10(2)17-11(3)19-13;/h9,12,15H,4-8H2,1-3H3,(H,16,18);1H/t9-,12-;/m0./s1. The van der Waals surface area contributed by atoms with Gasteiger partial charge in [0.25, 0.3) is 0 Å². The summed E-state index contributed by atoms with van der Waals surface area (Å²) < 4.78 is 0. The molecule has 0 radical (unpaired) electrons. The number of carbonyl (C=O) groups is 1. The minimum atomic E-state index is 0. The average Bonchev–Trinajstić information content (AvgIpc) is 2.68. The fraction of sp³-hybridized carbons (Fsp3) is 0.714. The van der Waals surface area contributed by atoms with Crippen molar-refractivity contribution >= 4 is 29.7 Å². The number of nitrogens with one attached hydrogen (secondary N) is 2. The molecule has 0 aromatic carbocycles. The van der Waals surface area contributed by atoms with Crippen LogP contribution in [0.4, 0.5) is 0 Å². The molecule has 1 aromatic heterocycles. The molecule has 0 saturated carbocycles. The smallest absolute Gasteiger partial charge is 0.223 e. The van der Waals surface area contributed by atoms with Crippen molar-refractivity contribution in [3.63, 3.8) is 0 Å². The van der Waals surface area contributed by atoms with E-state index in [1.165, 1.54) is 4.88 Å². The molecular weight excluding hydrogens is 294 g/mol. The first kappa shape index (κ1) is 17.4. The van der Waals surface area contributed by atoms with Gasteiger partial charge in [0.2, 0.25) is 5.91 Å². The van der Waals surface area contributed by atoms with Crippen LogP contribution in [0, 0.1) is 19.8 Å². The largest absolute Gasteiger partial charge is 0.355 e. The molecule has 2 heterocycles. The summed E-state index contributed by atoms with van der Waals surface area (Å²) in [6.07, 6.45) is 2.79. The Hall–Kier alpha value is -0.650. The summed E-state index contributed by atoms with van der Waals surface area (Å²) >= 11 is 1.73. The molecule has 1 aliphatic rings. The quantitative estimate of drug-likeness (QED) is 0.895. The van der Waals surface area contributed by atoms with Gasteiger partial charge in [-0.3, -0.25) is 4.79 Å². The summed E-state index contributed by atoms with van der Waals surface area (Å²) in [6.45, 7) is 7.88. The number of aromatic nitrogens is 1. The Kier molecular flexibility index (Phi) is 6.92. The van der Waals surface area contributed by atoms with Gasteiger partial charge < -0.3 is 10.6 Å². The SMILES string of the molecule is Cc1nc(C)c(CCNC(=O)[C@H]2CCN[C@@H](C)C2)s1.Cl. The van der Waals surface area contributed by atoms with Crippen molar-refractivity contribution in [3.05, 3.63) is 15.6 Å². The summed E-state index contributed by atoms with van der Waals surface area (Å²) in [5.74, 6) is 0.396. The lowest BCUT2D eigenvalue weighted by molar-refractivity contribution is -0.126. The lowest BCUT2D eigenvalue weighted by atomic mass is 9.92. The lowest BCUT2D eigenvalue weighted by Crippen LogP contribution is -2.42. The Labute approximate surface area is 131 Å². The number of rotatable bonds is 4. The van der Waals surface area contributed by atoms with Crippen molar-refractivity contribution in [2.24, 2.45) is 5.92 Å². The molecule has 4 nitrogen and oxygen atoms in total. The van der Waals surface area contributed by atoms with Crippen molar-refractivity contribution in [1.82, 2.24) is 15.6 Å². The van der Waals surface area contributed by atoms with Gasteiger partial charge in [-0.2, -0.15) is 0 Å². The minimum absolute atomic E-state index is 0. The maximum absolute atomic E-state index is 12.1. The van der Waals surface area contributed by atoms with E-state index in [1.54, 1.807) is 11.3 Å². The molecule has 1 saturated heterocycles. The molecule has 2 atom stereocenters. The lowest BCUT2D eigenvalue weighted by Gasteiger charge is -2.27. The molecule has 0 spiro atoms. The highest BCUT2D eigenvalue weighted by Gasteiger charge is 2.24. The Bertz CT molecular complexity index is 450. The van der Waals surface area contributed by atoms with Crippen LogP contribution in [0.3, 0.4) is 0 Å². The van der Waals surface area contributed by atoms with Crippen molar-refractivity contribution < 1.29 is 4.79 Å². The molecule has 6 heteroatoms. The van der Waals surface area contributed by atoms with Gasteiger partial charge in [-0.15, -0.1) is 23.7 Å². The summed E-state index contributed by atoms with van der Waals surface area (Å²) in [5, 5.41) is 7.55. The Morgan fingerprint density at radius 3 is 2.85 bits per heavy atom. The van der Waals surface area contributed by atoms with E-state index >= 15 is 0 Å². The van der Waals surface area contributed by atoms with Crippen molar-refractivity contribution in [3.8, 4) is 0 Å². The van der Waals surface area contributed by atoms with E-state index in [4.69, 9.17) is 0 Å². The van der Waals surface area contributed by atoms with Crippen LogP contribution < -0.4 is 10.6 Å². The summed E-state index contributed by atoms with van der Waals surface area (Å²) in [7, 11) is 0. The van der Waals surface area contributed by atoms with Crippen molar-refractivity contribution in [2.45, 2.75) is 46.1 Å². The second kappa shape index (κ2) is 7.96. The zero-order chi connectivity index (χ0) is 13.8. The normalized spacial score (nSPS) is 22.1. The molecule has 1 aliphatic heterocycles. The van der Waals surface area contributed by atoms with Gasteiger partial charge in [0, 0.05) is 29.8 Å². The van der Waals surface area contributed by atoms with E-state index in [2.05, 4.69) is 22.5 Å². The third-order valence-electron chi connectivity index (χ3n) is 3.65. The predicted molar refractivity (Wildman–Crippen MR) is 85.7 cm³/mol. The molecule has 1 amide bonds. The number of halogens is 1. The maximum atomic E-state index is 12.1. The van der Waals surface area contributed by atoms with E-state index in [9.17, 15) is 4.79 Å². The Morgan fingerprint density at radius 1 is 1.50 bits per heavy atom. The van der Waals surface area contributed by atoms with E-state index in [0.29, 0.717) is 6.04 Å². The van der Waals surface area contributed by atoms with Crippen LogP contribution in [0.2, 0.25) is 0 Å². The maximum Gasteiger partial charge on any atom is 0.223 e. The number of nitrogens with zero attached hydrogens (tertiary/aromatic N) is 1. The van der Waals surface area contributed by atoms with Crippen LogP contribution in [0.5, 0.6) is 0 Å². The van der Waals surface area contributed by atoms with Gasteiger partial charge in [0.15, 0.2) is 0 Å². The third-order valence-corrected chi connectivity index (χ3v) is 4.78. The molecule has 20 heavy (non-hydrogen) atoms. The van der Waals surface area contributed by atoms with E-state index in [-0.39, 0.29) is 24.2 Å². The number of piperidine rings is 1. The third kappa shape index (κ3) is 4.72. The molecule has 1 aromatic rings. The molecule has 1 fully saturated rings. The number of amides is 1. The monoisotopic (exact) mass is 317 g/mol. The zero-order valence-corrected chi connectivity index (χ0v) is 14.0. The van der Waals surface area contributed by atoms with Gasteiger partial charge in [-0.05, 0) is 40.2 Å². The van der Waals surface area contributed by atoms with Gasteiger partial charge in [0.05, 0.1) is 10.7 Å². The highest BCUT2D eigenvalue weighted by atomic mass is 35.5. The molecule has 0 bridgehead atoms. The molecule has 114 valence electrons. The number of hydrogen-bond donors (Lipinski definition) is 2. The van der Waals surface area contributed by atoms with E-state index < -0.39 is 0 Å². The van der Waals surface area contributed by atoms with Crippen molar-refractivity contribution in [2.75, 3.05) is 13.1 Å². The molecule has 2 N–H and O–H groups in total. The fourth-order valence-electron chi connectivity index (χ4n) is 2.62. The van der Waals surface area contributed by atoms with E-state index in [0.717, 1.165) is 43.1 Å². The fourth-order valence-corrected chi connectivity index (χ4v) is 3.56. The van der Waals surface area contributed by atoms with Gasteiger partial charge in [-0.25, -0.2) is 4.98 Å².